The SMILES string of the molecule is COC(C)(C)/C=C/C[C@@H](C)[C@H]1CC[C@@]2(C)[C@@H]3CC[C@@]45OC(=O)[C@]3(CC[C@]12C)[C@@H]4CC[C@H](O[C@@H]1O[C@H](CO)[C@@H](O)[C@@H](O)[C@H]1O)C5(C)C. The fraction of sp³-hybridized carbons (Fsp3) is 0.919. The first-order valence-electron chi connectivity index (χ1n) is 17.9. The summed E-state index contributed by atoms with van der Waals surface area (Å²) in [5, 5.41) is 41.1. The molecule has 0 aromatic carbocycles. The van der Waals surface area contributed by atoms with Crippen molar-refractivity contribution in [2.24, 2.45) is 45.3 Å². The summed E-state index contributed by atoms with van der Waals surface area (Å²) in [7, 11) is 1.75. The lowest BCUT2D eigenvalue weighted by Crippen LogP contribution is -2.68. The van der Waals surface area contributed by atoms with Gasteiger partial charge in [-0.15, -0.1) is 0 Å². The van der Waals surface area contributed by atoms with E-state index in [1.54, 1.807) is 7.11 Å². The molecule has 6 rings (SSSR count). The van der Waals surface area contributed by atoms with Gasteiger partial charge in [-0.1, -0.05) is 46.8 Å². The largest absolute Gasteiger partial charge is 0.458 e. The highest BCUT2D eigenvalue weighted by atomic mass is 16.7. The lowest BCUT2D eigenvalue weighted by atomic mass is 9.37. The molecule has 0 radical (unpaired) electrons. The Balaban J connectivity index is 1.24. The van der Waals surface area contributed by atoms with Crippen LogP contribution in [0, 0.1) is 45.3 Å². The smallest absolute Gasteiger partial charge is 0.313 e. The number of hydrogen-bond acceptors (Lipinski definition) is 9. The van der Waals surface area contributed by atoms with Gasteiger partial charge in [-0.3, -0.25) is 4.79 Å². The molecule has 4 saturated carbocycles. The molecule has 46 heavy (non-hydrogen) atoms. The summed E-state index contributed by atoms with van der Waals surface area (Å²) in [6.45, 7) is 15.3. The third-order valence-corrected chi connectivity index (χ3v) is 15.2. The highest BCUT2D eigenvalue weighted by molar-refractivity contribution is 5.82. The molecule has 2 bridgehead atoms. The van der Waals surface area contributed by atoms with E-state index in [4.69, 9.17) is 18.9 Å². The molecule has 9 heteroatoms. The molecule has 1 spiro atoms. The summed E-state index contributed by atoms with van der Waals surface area (Å²) in [4.78, 5) is 14.4. The number of carbonyl (C=O) groups excluding carboxylic acids is 1. The van der Waals surface area contributed by atoms with Crippen LogP contribution in [-0.4, -0.2) is 88.1 Å². The number of esters is 1. The summed E-state index contributed by atoms with van der Waals surface area (Å²) in [5.41, 5.74) is -1.85. The number of aliphatic hydroxyl groups excluding tert-OH is 4. The second kappa shape index (κ2) is 11.5. The molecule has 4 N–H and O–H groups in total. The third kappa shape index (κ3) is 4.61. The number of fused-ring (bicyclic) bond motifs is 2. The van der Waals surface area contributed by atoms with Gasteiger partial charge in [-0.05, 0) is 100 Å². The minimum absolute atomic E-state index is 0.0222. The summed E-state index contributed by atoms with van der Waals surface area (Å²) >= 11 is 0. The van der Waals surface area contributed by atoms with Crippen LogP contribution in [0.25, 0.3) is 0 Å². The number of methoxy groups -OCH3 is 1. The van der Waals surface area contributed by atoms with E-state index in [2.05, 4.69) is 60.6 Å². The van der Waals surface area contributed by atoms with Crippen LogP contribution in [0.4, 0.5) is 0 Å². The van der Waals surface area contributed by atoms with E-state index in [0.717, 1.165) is 44.9 Å². The van der Waals surface area contributed by atoms with Gasteiger partial charge in [0, 0.05) is 18.4 Å². The molecule has 0 unspecified atom stereocenters. The summed E-state index contributed by atoms with van der Waals surface area (Å²) < 4.78 is 24.5. The molecule has 262 valence electrons. The zero-order chi connectivity index (χ0) is 33.7. The van der Waals surface area contributed by atoms with E-state index in [1.165, 1.54) is 6.42 Å². The quantitative estimate of drug-likeness (QED) is 0.170. The summed E-state index contributed by atoms with van der Waals surface area (Å²) in [6.07, 6.45) is 5.81. The van der Waals surface area contributed by atoms with Gasteiger partial charge in [0.2, 0.25) is 0 Å². The predicted octanol–water partition coefficient (Wildman–Crippen LogP) is 4.52. The van der Waals surface area contributed by atoms with Crippen molar-refractivity contribution in [2.75, 3.05) is 13.7 Å². The van der Waals surface area contributed by atoms with Gasteiger partial charge < -0.3 is 39.4 Å². The van der Waals surface area contributed by atoms with Crippen LogP contribution >= 0.6 is 0 Å². The normalized spacial score (nSPS) is 50.5. The first-order valence-corrected chi connectivity index (χ1v) is 17.9. The van der Waals surface area contributed by atoms with Crippen LogP contribution in [0.1, 0.15) is 106 Å². The van der Waals surface area contributed by atoms with Gasteiger partial charge in [0.15, 0.2) is 6.29 Å². The second-order valence-electron chi connectivity index (χ2n) is 17.5. The van der Waals surface area contributed by atoms with Crippen molar-refractivity contribution in [3.05, 3.63) is 12.2 Å². The summed E-state index contributed by atoms with van der Waals surface area (Å²) in [6, 6.07) is 0. The van der Waals surface area contributed by atoms with Crippen molar-refractivity contribution in [1.29, 1.82) is 0 Å². The van der Waals surface area contributed by atoms with Crippen LogP contribution in [0.15, 0.2) is 12.2 Å². The maximum absolute atomic E-state index is 14.4. The molecule has 9 nitrogen and oxygen atoms in total. The molecule has 0 aromatic heterocycles. The standard InChI is InChI=1S/C37H60O9/c1-21(10-9-15-32(2,3)43-8)22-13-16-35(7)24-14-17-37-25(36(24,31(42)46-37)19-18-34(22,35)6)11-12-26(33(37,4)5)45-30-29(41)28(40)27(39)23(20-38)44-30/h9,15,21-30,38-41H,10-14,16-20H2,1-8H3/b15-9+/t21-,22-,23-,24+,25+,26+,27-,28-,29-,30+,34-,35+,36+,37-/m1/s1. The monoisotopic (exact) mass is 648 g/mol. The van der Waals surface area contributed by atoms with E-state index in [-0.39, 0.29) is 34.2 Å². The Morgan fingerprint density at radius 1 is 0.935 bits per heavy atom. The third-order valence-electron chi connectivity index (χ3n) is 15.2. The Hall–Kier alpha value is -1.07. The van der Waals surface area contributed by atoms with Crippen LogP contribution in [-0.2, 0) is 23.7 Å². The van der Waals surface area contributed by atoms with Crippen molar-refractivity contribution in [3.8, 4) is 0 Å². The Morgan fingerprint density at radius 3 is 2.33 bits per heavy atom. The molecule has 0 amide bonds. The van der Waals surface area contributed by atoms with E-state index < -0.39 is 59.8 Å². The Morgan fingerprint density at radius 2 is 1.65 bits per heavy atom. The number of rotatable bonds is 8. The van der Waals surface area contributed by atoms with Gasteiger partial charge >= 0.3 is 5.97 Å². The van der Waals surface area contributed by atoms with Crippen LogP contribution < -0.4 is 0 Å². The van der Waals surface area contributed by atoms with Gasteiger partial charge in [0.05, 0.1) is 23.7 Å². The first-order chi connectivity index (χ1) is 21.5. The fourth-order valence-corrected chi connectivity index (χ4v) is 12.1. The number of ether oxygens (including phenoxy) is 4. The number of allylic oxidation sites excluding steroid dienone is 1. The van der Waals surface area contributed by atoms with Crippen LogP contribution in [0.2, 0.25) is 0 Å². The van der Waals surface area contributed by atoms with Crippen molar-refractivity contribution in [1.82, 2.24) is 0 Å². The average Bonchev–Trinajstić information content (AvgIpc) is 3.37. The fourth-order valence-electron chi connectivity index (χ4n) is 12.1. The number of hydrogen-bond donors (Lipinski definition) is 4. The lowest BCUT2D eigenvalue weighted by Gasteiger charge is -2.66. The molecule has 14 atom stereocenters. The molecule has 6 aliphatic rings. The van der Waals surface area contributed by atoms with Crippen LogP contribution in [0.3, 0.4) is 0 Å². The zero-order valence-electron chi connectivity index (χ0n) is 29.3. The molecular formula is C37H60O9. The van der Waals surface area contributed by atoms with Crippen molar-refractivity contribution in [2.45, 2.75) is 154 Å². The van der Waals surface area contributed by atoms with Gasteiger partial charge in [0.25, 0.3) is 0 Å². The molecule has 2 heterocycles. The number of carbonyl (C=O) groups is 1. The van der Waals surface area contributed by atoms with Gasteiger partial charge in [0.1, 0.15) is 30.0 Å². The topological polar surface area (TPSA) is 135 Å². The summed E-state index contributed by atoms with van der Waals surface area (Å²) in [5.74, 6) is 1.47. The maximum Gasteiger partial charge on any atom is 0.313 e. The Labute approximate surface area is 275 Å². The lowest BCUT2D eigenvalue weighted by molar-refractivity contribution is -0.333. The molecule has 2 saturated heterocycles. The van der Waals surface area contributed by atoms with Crippen molar-refractivity contribution >= 4 is 5.97 Å². The molecule has 4 aliphatic carbocycles. The van der Waals surface area contributed by atoms with Gasteiger partial charge in [-0.25, -0.2) is 0 Å². The maximum atomic E-state index is 14.4. The Kier molecular flexibility index (Phi) is 8.69. The average molecular weight is 649 g/mol. The Bertz CT molecular complexity index is 1200. The predicted molar refractivity (Wildman–Crippen MR) is 171 cm³/mol. The van der Waals surface area contributed by atoms with Gasteiger partial charge in [-0.2, -0.15) is 0 Å². The zero-order valence-corrected chi connectivity index (χ0v) is 29.3. The van der Waals surface area contributed by atoms with Crippen molar-refractivity contribution in [3.63, 3.8) is 0 Å². The second-order valence-corrected chi connectivity index (χ2v) is 17.5. The van der Waals surface area contributed by atoms with E-state index in [1.807, 2.05) is 0 Å². The van der Waals surface area contributed by atoms with E-state index in [0.29, 0.717) is 18.3 Å². The van der Waals surface area contributed by atoms with E-state index in [9.17, 15) is 25.2 Å². The minimum atomic E-state index is -1.50. The van der Waals surface area contributed by atoms with Crippen molar-refractivity contribution < 1.29 is 44.2 Å². The first kappa shape index (κ1) is 34.8. The molecule has 0 aromatic rings. The number of aliphatic hydroxyl groups is 4. The van der Waals surface area contributed by atoms with E-state index >= 15 is 0 Å². The van der Waals surface area contributed by atoms with Crippen LogP contribution in [0.5, 0.6) is 0 Å². The molecular weight excluding hydrogens is 588 g/mol. The minimum Gasteiger partial charge on any atom is -0.458 e. The molecule has 2 aliphatic heterocycles. The molecule has 6 fully saturated rings. The highest BCUT2D eigenvalue weighted by Crippen LogP contribution is 2.79. The highest BCUT2D eigenvalue weighted by Gasteiger charge is 2.80.